The summed E-state index contributed by atoms with van der Waals surface area (Å²) in [6.07, 6.45) is 0.438. The van der Waals surface area contributed by atoms with E-state index in [4.69, 9.17) is 4.74 Å². The zero-order valence-corrected chi connectivity index (χ0v) is 9.03. The summed E-state index contributed by atoms with van der Waals surface area (Å²) in [6, 6.07) is 7.56. The average Bonchev–Trinajstić information content (AvgIpc) is 2.17. The van der Waals surface area contributed by atoms with Crippen molar-refractivity contribution in [2.45, 2.75) is 26.4 Å². The molecule has 1 rings (SSSR count). The van der Waals surface area contributed by atoms with Crippen molar-refractivity contribution in [3.8, 4) is 5.75 Å². The molecule has 1 aromatic carbocycles. The maximum atomic E-state index is 9.81. The SMILES string of the molecule is COc1ccc(C(O)CC(C)C)cc1. The minimum Gasteiger partial charge on any atom is -0.497 e. The van der Waals surface area contributed by atoms with Crippen molar-refractivity contribution in [3.63, 3.8) is 0 Å². The van der Waals surface area contributed by atoms with Crippen LogP contribution in [0.15, 0.2) is 24.3 Å². The Bertz CT molecular complexity index is 264. The van der Waals surface area contributed by atoms with Crippen molar-refractivity contribution in [1.29, 1.82) is 0 Å². The van der Waals surface area contributed by atoms with E-state index >= 15 is 0 Å². The van der Waals surface area contributed by atoms with Gasteiger partial charge in [0.25, 0.3) is 0 Å². The highest BCUT2D eigenvalue weighted by Gasteiger charge is 2.09. The minimum absolute atomic E-state index is 0.360. The first-order valence-electron chi connectivity index (χ1n) is 4.95. The number of benzene rings is 1. The van der Waals surface area contributed by atoms with Gasteiger partial charge in [-0.25, -0.2) is 0 Å². The van der Waals surface area contributed by atoms with Crippen molar-refractivity contribution < 1.29 is 9.84 Å². The van der Waals surface area contributed by atoms with Gasteiger partial charge in [0.05, 0.1) is 13.2 Å². The quantitative estimate of drug-likeness (QED) is 0.798. The van der Waals surface area contributed by atoms with Crippen LogP contribution < -0.4 is 4.74 Å². The maximum Gasteiger partial charge on any atom is 0.118 e. The van der Waals surface area contributed by atoms with Crippen LogP contribution in [-0.2, 0) is 0 Å². The number of aliphatic hydroxyl groups excluding tert-OH is 1. The van der Waals surface area contributed by atoms with Gasteiger partial charge in [0, 0.05) is 0 Å². The first-order valence-corrected chi connectivity index (χ1v) is 4.95. The van der Waals surface area contributed by atoms with Crippen molar-refractivity contribution in [2.75, 3.05) is 7.11 Å². The fourth-order valence-electron chi connectivity index (χ4n) is 1.41. The topological polar surface area (TPSA) is 29.5 Å². The summed E-state index contributed by atoms with van der Waals surface area (Å²) in [7, 11) is 1.64. The van der Waals surface area contributed by atoms with Gasteiger partial charge in [-0.2, -0.15) is 0 Å². The molecule has 1 aromatic rings. The van der Waals surface area contributed by atoms with Gasteiger partial charge in [-0.15, -0.1) is 0 Å². The van der Waals surface area contributed by atoms with E-state index in [0.29, 0.717) is 5.92 Å². The van der Waals surface area contributed by atoms with Crippen LogP contribution in [0.2, 0.25) is 0 Å². The summed E-state index contributed by atoms with van der Waals surface area (Å²) in [6.45, 7) is 4.21. The van der Waals surface area contributed by atoms with Gasteiger partial charge in [0.1, 0.15) is 5.75 Å². The molecule has 0 aliphatic heterocycles. The summed E-state index contributed by atoms with van der Waals surface area (Å²) < 4.78 is 5.05. The van der Waals surface area contributed by atoms with Crippen LogP contribution in [0.1, 0.15) is 31.9 Å². The Morgan fingerprint density at radius 1 is 1.21 bits per heavy atom. The lowest BCUT2D eigenvalue weighted by atomic mass is 10.00. The van der Waals surface area contributed by atoms with Crippen LogP contribution in [0.5, 0.6) is 5.75 Å². The molecule has 0 aliphatic rings. The van der Waals surface area contributed by atoms with Gasteiger partial charge in [-0.3, -0.25) is 0 Å². The molecule has 78 valence electrons. The number of ether oxygens (including phenoxy) is 1. The van der Waals surface area contributed by atoms with Gasteiger partial charge in [0.15, 0.2) is 0 Å². The highest BCUT2D eigenvalue weighted by molar-refractivity contribution is 5.28. The first-order chi connectivity index (χ1) is 6.63. The van der Waals surface area contributed by atoms with Crippen LogP contribution in [0.3, 0.4) is 0 Å². The third-order valence-electron chi connectivity index (χ3n) is 2.20. The van der Waals surface area contributed by atoms with Crippen LogP contribution in [0.25, 0.3) is 0 Å². The van der Waals surface area contributed by atoms with E-state index in [1.165, 1.54) is 0 Å². The number of hydrogen-bond donors (Lipinski definition) is 1. The van der Waals surface area contributed by atoms with Gasteiger partial charge >= 0.3 is 0 Å². The zero-order valence-electron chi connectivity index (χ0n) is 9.03. The van der Waals surface area contributed by atoms with Crippen molar-refractivity contribution in [2.24, 2.45) is 5.92 Å². The lowest BCUT2D eigenvalue weighted by Crippen LogP contribution is -2.01. The second kappa shape index (κ2) is 5.01. The van der Waals surface area contributed by atoms with E-state index in [0.717, 1.165) is 17.7 Å². The molecule has 0 radical (unpaired) electrons. The molecule has 0 saturated carbocycles. The van der Waals surface area contributed by atoms with E-state index < -0.39 is 0 Å². The Balaban J connectivity index is 2.66. The minimum atomic E-state index is -0.360. The molecule has 0 saturated heterocycles. The molecule has 2 heteroatoms. The van der Waals surface area contributed by atoms with E-state index in [-0.39, 0.29) is 6.10 Å². The lowest BCUT2D eigenvalue weighted by molar-refractivity contribution is 0.151. The molecule has 0 spiro atoms. The second-order valence-corrected chi connectivity index (χ2v) is 3.92. The van der Waals surface area contributed by atoms with Crippen molar-refractivity contribution in [3.05, 3.63) is 29.8 Å². The maximum absolute atomic E-state index is 9.81. The number of rotatable bonds is 4. The van der Waals surface area contributed by atoms with Crippen LogP contribution in [0.4, 0.5) is 0 Å². The summed E-state index contributed by atoms with van der Waals surface area (Å²) in [5.74, 6) is 1.33. The third-order valence-corrected chi connectivity index (χ3v) is 2.20. The van der Waals surface area contributed by atoms with Crippen molar-refractivity contribution in [1.82, 2.24) is 0 Å². The summed E-state index contributed by atoms with van der Waals surface area (Å²) in [5, 5.41) is 9.81. The van der Waals surface area contributed by atoms with Crippen molar-refractivity contribution >= 4 is 0 Å². The molecule has 1 atom stereocenters. The average molecular weight is 194 g/mol. The molecular formula is C12H18O2. The van der Waals surface area contributed by atoms with Gasteiger partial charge < -0.3 is 9.84 Å². The molecule has 0 fully saturated rings. The van der Waals surface area contributed by atoms with Gasteiger partial charge in [-0.1, -0.05) is 26.0 Å². The Hall–Kier alpha value is -1.02. The normalized spacial score (nSPS) is 12.9. The Morgan fingerprint density at radius 3 is 2.21 bits per heavy atom. The zero-order chi connectivity index (χ0) is 10.6. The highest BCUT2D eigenvalue weighted by Crippen LogP contribution is 2.22. The van der Waals surface area contributed by atoms with E-state index in [2.05, 4.69) is 13.8 Å². The van der Waals surface area contributed by atoms with E-state index in [1.54, 1.807) is 7.11 Å². The number of methoxy groups -OCH3 is 1. The molecule has 0 bridgehead atoms. The fourth-order valence-corrected chi connectivity index (χ4v) is 1.41. The van der Waals surface area contributed by atoms with Crippen LogP contribution in [0, 0.1) is 5.92 Å². The smallest absolute Gasteiger partial charge is 0.118 e. The highest BCUT2D eigenvalue weighted by atomic mass is 16.5. The fraction of sp³-hybridized carbons (Fsp3) is 0.500. The monoisotopic (exact) mass is 194 g/mol. The Morgan fingerprint density at radius 2 is 1.79 bits per heavy atom. The molecule has 0 heterocycles. The van der Waals surface area contributed by atoms with E-state index in [1.807, 2.05) is 24.3 Å². The van der Waals surface area contributed by atoms with Crippen LogP contribution in [-0.4, -0.2) is 12.2 Å². The molecule has 1 unspecified atom stereocenters. The second-order valence-electron chi connectivity index (χ2n) is 3.92. The molecule has 0 aliphatic carbocycles. The molecule has 0 aromatic heterocycles. The number of aliphatic hydroxyl groups is 1. The standard InChI is InChI=1S/C12H18O2/c1-9(2)8-12(13)10-4-6-11(14-3)7-5-10/h4-7,9,12-13H,8H2,1-3H3. The largest absolute Gasteiger partial charge is 0.497 e. The summed E-state index contributed by atoms with van der Waals surface area (Å²) in [4.78, 5) is 0. The molecule has 0 amide bonds. The van der Waals surface area contributed by atoms with Gasteiger partial charge in [-0.05, 0) is 30.0 Å². The lowest BCUT2D eigenvalue weighted by Gasteiger charge is -2.13. The first kappa shape index (κ1) is 11.1. The Kier molecular flexibility index (Phi) is 3.96. The Labute approximate surface area is 85.5 Å². The van der Waals surface area contributed by atoms with Gasteiger partial charge in [0.2, 0.25) is 0 Å². The number of hydrogen-bond acceptors (Lipinski definition) is 2. The molecule has 2 nitrogen and oxygen atoms in total. The predicted molar refractivity (Wildman–Crippen MR) is 57.4 cm³/mol. The summed E-state index contributed by atoms with van der Waals surface area (Å²) >= 11 is 0. The molecule has 14 heavy (non-hydrogen) atoms. The van der Waals surface area contributed by atoms with E-state index in [9.17, 15) is 5.11 Å². The molecular weight excluding hydrogens is 176 g/mol. The van der Waals surface area contributed by atoms with Crippen LogP contribution >= 0.6 is 0 Å². The summed E-state index contributed by atoms with van der Waals surface area (Å²) in [5.41, 5.74) is 0.958. The molecule has 1 N–H and O–H groups in total. The predicted octanol–water partition coefficient (Wildman–Crippen LogP) is 2.77. The third kappa shape index (κ3) is 3.04.